The summed E-state index contributed by atoms with van der Waals surface area (Å²) in [5.41, 5.74) is 3.87. The number of rotatable bonds is 5. The van der Waals surface area contributed by atoms with Gasteiger partial charge in [0.05, 0.1) is 5.56 Å². The topological polar surface area (TPSA) is 63.7 Å². The van der Waals surface area contributed by atoms with E-state index in [2.05, 4.69) is 25.1 Å². The van der Waals surface area contributed by atoms with Gasteiger partial charge in [-0.15, -0.1) is 5.06 Å². The first-order chi connectivity index (χ1) is 12.1. The van der Waals surface area contributed by atoms with Crippen molar-refractivity contribution in [2.75, 3.05) is 0 Å². The molecule has 1 fully saturated rings. The molecule has 0 bridgehead atoms. The van der Waals surface area contributed by atoms with Crippen LogP contribution in [0.3, 0.4) is 0 Å². The van der Waals surface area contributed by atoms with E-state index >= 15 is 0 Å². The molecular formula is C20H19NO4. The molecule has 2 aromatic rings. The van der Waals surface area contributed by atoms with E-state index in [0.717, 1.165) is 18.4 Å². The Morgan fingerprint density at radius 3 is 2.24 bits per heavy atom. The van der Waals surface area contributed by atoms with Gasteiger partial charge in [0, 0.05) is 12.8 Å². The third-order valence-corrected chi connectivity index (χ3v) is 4.18. The highest BCUT2D eigenvalue weighted by molar-refractivity contribution is 6.02. The van der Waals surface area contributed by atoms with Gasteiger partial charge in [0.15, 0.2) is 0 Å². The van der Waals surface area contributed by atoms with E-state index in [9.17, 15) is 14.4 Å². The Morgan fingerprint density at radius 2 is 1.60 bits per heavy atom. The highest BCUT2D eigenvalue weighted by Gasteiger charge is 2.33. The average Bonchev–Trinajstić information content (AvgIpc) is 2.94. The van der Waals surface area contributed by atoms with Crippen molar-refractivity contribution in [3.63, 3.8) is 0 Å². The number of aryl methyl sites for hydroxylation is 1. The van der Waals surface area contributed by atoms with Crippen LogP contribution in [-0.4, -0.2) is 22.8 Å². The number of hydroxylamine groups is 2. The van der Waals surface area contributed by atoms with Gasteiger partial charge in [-0.25, -0.2) is 4.79 Å². The second kappa shape index (κ2) is 7.30. The fraction of sp³-hybridized carbons (Fsp3) is 0.250. The highest BCUT2D eigenvalue weighted by Crippen LogP contribution is 2.16. The molecule has 0 saturated carbocycles. The van der Waals surface area contributed by atoms with Crippen molar-refractivity contribution >= 4 is 17.8 Å². The van der Waals surface area contributed by atoms with Gasteiger partial charge in [-0.3, -0.25) is 9.59 Å². The predicted octanol–water partition coefficient (Wildman–Crippen LogP) is 3.06. The Hall–Kier alpha value is -2.95. The zero-order valence-electron chi connectivity index (χ0n) is 14.0. The largest absolute Gasteiger partial charge is 0.363 e. The first-order valence-corrected chi connectivity index (χ1v) is 8.31. The van der Waals surface area contributed by atoms with E-state index in [1.807, 2.05) is 18.2 Å². The minimum Gasteiger partial charge on any atom is -0.325 e. The number of hydrogen-bond acceptors (Lipinski definition) is 4. The van der Waals surface area contributed by atoms with Crippen LogP contribution in [0.2, 0.25) is 0 Å². The van der Waals surface area contributed by atoms with E-state index in [-0.39, 0.29) is 12.8 Å². The van der Waals surface area contributed by atoms with Crippen LogP contribution >= 0.6 is 0 Å². The lowest BCUT2D eigenvalue weighted by molar-refractivity contribution is -0.172. The van der Waals surface area contributed by atoms with Crippen molar-refractivity contribution in [1.29, 1.82) is 0 Å². The van der Waals surface area contributed by atoms with Gasteiger partial charge < -0.3 is 4.84 Å². The average molecular weight is 337 g/mol. The maximum atomic E-state index is 12.1. The standard InChI is InChI=1S/C20H19NO4/c1-2-14-4-3-5-16(12-14)13-15-6-8-17(9-7-15)20(24)25-21-18(22)10-11-19(21)23/h3-9,12H,2,10-11,13H2,1H3. The molecule has 25 heavy (non-hydrogen) atoms. The Labute approximate surface area is 146 Å². The first kappa shape index (κ1) is 16.9. The van der Waals surface area contributed by atoms with Gasteiger partial charge in [-0.05, 0) is 41.7 Å². The molecule has 0 radical (unpaired) electrons. The molecule has 128 valence electrons. The van der Waals surface area contributed by atoms with Crippen molar-refractivity contribution in [3.05, 3.63) is 70.8 Å². The Kier molecular flexibility index (Phi) is 4.93. The zero-order chi connectivity index (χ0) is 17.8. The summed E-state index contributed by atoms with van der Waals surface area (Å²) >= 11 is 0. The van der Waals surface area contributed by atoms with Crippen LogP contribution in [-0.2, 0) is 27.3 Å². The molecule has 5 nitrogen and oxygen atoms in total. The number of amides is 2. The van der Waals surface area contributed by atoms with Crippen molar-refractivity contribution in [3.8, 4) is 0 Å². The molecule has 3 rings (SSSR count). The second-order valence-electron chi connectivity index (χ2n) is 6.01. The quantitative estimate of drug-likeness (QED) is 0.787. The second-order valence-corrected chi connectivity index (χ2v) is 6.01. The summed E-state index contributed by atoms with van der Waals surface area (Å²) in [6, 6.07) is 15.4. The van der Waals surface area contributed by atoms with Gasteiger partial charge in [0.2, 0.25) is 0 Å². The fourth-order valence-corrected chi connectivity index (χ4v) is 2.75. The van der Waals surface area contributed by atoms with Gasteiger partial charge in [-0.2, -0.15) is 0 Å². The molecule has 5 heteroatoms. The molecule has 0 atom stereocenters. The molecule has 0 aliphatic carbocycles. The lowest BCUT2D eigenvalue weighted by Gasteiger charge is -2.12. The smallest absolute Gasteiger partial charge is 0.325 e. The van der Waals surface area contributed by atoms with Crippen LogP contribution in [0, 0.1) is 0 Å². The van der Waals surface area contributed by atoms with E-state index in [1.54, 1.807) is 12.1 Å². The van der Waals surface area contributed by atoms with Crippen molar-refractivity contribution < 1.29 is 19.2 Å². The summed E-state index contributed by atoms with van der Waals surface area (Å²) in [6.07, 6.45) is 1.93. The number of imide groups is 1. The molecule has 2 aromatic carbocycles. The number of benzene rings is 2. The van der Waals surface area contributed by atoms with Crippen LogP contribution < -0.4 is 0 Å². The minimum atomic E-state index is -0.705. The lowest BCUT2D eigenvalue weighted by Crippen LogP contribution is -2.32. The third-order valence-electron chi connectivity index (χ3n) is 4.18. The molecule has 1 heterocycles. The Balaban J connectivity index is 1.66. The molecule has 1 aliphatic heterocycles. The fourth-order valence-electron chi connectivity index (χ4n) is 2.75. The molecule has 0 spiro atoms. The van der Waals surface area contributed by atoms with Crippen LogP contribution in [0.4, 0.5) is 0 Å². The van der Waals surface area contributed by atoms with Crippen molar-refractivity contribution in [2.24, 2.45) is 0 Å². The van der Waals surface area contributed by atoms with Crippen LogP contribution in [0.15, 0.2) is 48.5 Å². The Bertz CT molecular complexity index is 795. The number of carbonyl (C=O) groups is 3. The van der Waals surface area contributed by atoms with Gasteiger partial charge in [-0.1, -0.05) is 43.3 Å². The van der Waals surface area contributed by atoms with Gasteiger partial charge >= 0.3 is 5.97 Å². The summed E-state index contributed by atoms with van der Waals surface area (Å²) in [5.74, 6) is -1.67. The summed E-state index contributed by atoms with van der Waals surface area (Å²) in [6.45, 7) is 2.12. The zero-order valence-corrected chi connectivity index (χ0v) is 14.0. The minimum absolute atomic E-state index is 0.0852. The molecule has 2 amide bonds. The Morgan fingerprint density at radius 1 is 0.960 bits per heavy atom. The summed E-state index contributed by atoms with van der Waals surface area (Å²) in [5, 5.41) is 0.562. The maximum Gasteiger partial charge on any atom is 0.363 e. The van der Waals surface area contributed by atoms with E-state index < -0.39 is 17.8 Å². The van der Waals surface area contributed by atoms with Gasteiger partial charge in [0.25, 0.3) is 11.8 Å². The highest BCUT2D eigenvalue weighted by atomic mass is 16.7. The van der Waals surface area contributed by atoms with Crippen LogP contribution in [0.1, 0.15) is 46.8 Å². The van der Waals surface area contributed by atoms with E-state index in [0.29, 0.717) is 10.6 Å². The number of hydrogen-bond donors (Lipinski definition) is 0. The predicted molar refractivity (Wildman–Crippen MR) is 91.6 cm³/mol. The SMILES string of the molecule is CCc1cccc(Cc2ccc(C(=O)ON3C(=O)CCC3=O)cc2)c1. The molecule has 0 N–H and O–H groups in total. The monoisotopic (exact) mass is 337 g/mol. The number of carbonyl (C=O) groups excluding carboxylic acids is 3. The van der Waals surface area contributed by atoms with Crippen LogP contribution in [0.25, 0.3) is 0 Å². The van der Waals surface area contributed by atoms with Crippen molar-refractivity contribution in [2.45, 2.75) is 32.6 Å². The summed E-state index contributed by atoms with van der Waals surface area (Å²) in [7, 11) is 0. The molecule has 0 aromatic heterocycles. The summed E-state index contributed by atoms with van der Waals surface area (Å²) in [4.78, 5) is 40.0. The lowest BCUT2D eigenvalue weighted by atomic mass is 10.0. The van der Waals surface area contributed by atoms with E-state index in [4.69, 9.17) is 4.84 Å². The molecule has 1 saturated heterocycles. The van der Waals surface area contributed by atoms with Crippen molar-refractivity contribution in [1.82, 2.24) is 5.06 Å². The maximum absolute atomic E-state index is 12.1. The first-order valence-electron chi connectivity index (χ1n) is 8.31. The van der Waals surface area contributed by atoms with Crippen LogP contribution in [0.5, 0.6) is 0 Å². The molecular weight excluding hydrogens is 318 g/mol. The number of nitrogens with zero attached hydrogens (tertiary/aromatic N) is 1. The summed E-state index contributed by atoms with van der Waals surface area (Å²) < 4.78 is 0. The molecule has 1 aliphatic rings. The normalized spacial score (nSPS) is 14.0. The molecule has 0 unspecified atom stereocenters. The van der Waals surface area contributed by atoms with Gasteiger partial charge in [0.1, 0.15) is 0 Å². The van der Waals surface area contributed by atoms with E-state index in [1.165, 1.54) is 11.1 Å². The third kappa shape index (κ3) is 3.94.